The van der Waals surface area contributed by atoms with E-state index in [2.05, 4.69) is 15.0 Å². The minimum absolute atomic E-state index is 0.00526. The number of likely N-dealkylation sites (N-methyl/N-ethyl adjacent to an activating group) is 1. The molecular formula is C17H17N5O2. The van der Waals surface area contributed by atoms with Crippen LogP contribution in [0.4, 0.5) is 0 Å². The SMILES string of the molecule is CN1CCc2ncc(CN3CCc4ncncc4C3=O)cc2C1=O. The van der Waals surface area contributed by atoms with Gasteiger partial charge in [-0.15, -0.1) is 0 Å². The van der Waals surface area contributed by atoms with E-state index in [0.717, 1.165) is 23.4 Å². The zero-order valence-corrected chi connectivity index (χ0v) is 13.4. The van der Waals surface area contributed by atoms with Crippen molar-refractivity contribution in [2.75, 3.05) is 20.1 Å². The van der Waals surface area contributed by atoms with Crippen LogP contribution in [0.1, 0.15) is 37.7 Å². The van der Waals surface area contributed by atoms with Crippen LogP contribution in [0.2, 0.25) is 0 Å². The fourth-order valence-electron chi connectivity index (χ4n) is 3.20. The van der Waals surface area contributed by atoms with Gasteiger partial charge in [-0.2, -0.15) is 0 Å². The standard InChI is InChI=1S/C17H17N5O2/c1-21-4-2-14-12(16(21)23)6-11(7-19-14)9-22-5-3-15-13(17(22)24)8-18-10-20-15/h6-8,10H,2-5,9H2,1H3. The Hall–Kier alpha value is -2.83. The molecule has 0 N–H and O–H groups in total. The summed E-state index contributed by atoms with van der Waals surface area (Å²) in [5, 5.41) is 0. The number of nitrogens with zero attached hydrogens (tertiary/aromatic N) is 5. The molecule has 2 amide bonds. The summed E-state index contributed by atoms with van der Waals surface area (Å²) < 4.78 is 0. The second-order valence-corrected chi connectivity index (χ2v) is 6.17. The predicted octanol–water partition coefficient (Wildman–Crippen LogP) is 0.698. The zero-order chi connectivity index (χ0) is 16.7. The zero-order valence-electron chi connectivity index (χ0n) is 13.4. The van der Waals surface area contributed by atoms with Gasteiger partial charge in [-0.3, -0.25) is 14.6 Å². The second-order valence-electron chi connectivity index (χ2n) is 6.17. The lowest BCUT2D eigenvalue weighted by Gasteiger charge is -2.28. The molecule has 0 radical (unpaired) electrons. The van der Waals surface area contributed by atoms with Crippen LogP contribution in [0.15, 0.2) is 24.8 Å². The quantitative estimate of drug-likeness (QED) is 0.813. The molecule has 2 aromatic rings. The van der Waals surface area contributed by atoms with Crippen LogP contribution in [0.25, 0.3) is 0 Å². The van der Waals surface area contributed by atoms with Gasteiger partial charge in [0.1, 0.15) is 6.33 Å². The molecule has 0 saturated heterocycles. The molecule has 0 spiro atoms. The highest BCUT2D eigenvalue weighted by atomic mass is 16.2. The topological polar surface area (TPSA) is 79.3 Å². The van der Waals surface area contributed by atoms with Gasteiger partial charge in [-0.05, 0) is 11.6 Å². The molecule has 0 bridgehead atoms. The van der Waals surface area contributed by atoms with Crippen LogP contribution in [0, 0.1) is 0 Å². The van der Waals surface area contributed by atoms with Gasteiger partial charge >= 0.3 is 0 Å². The smallest absolute Gasteiger partial charge is 0.257 e. The number of hydrogen-bond acceptors (Lipinski definition) is 5. The molecule has 4 heterocycles. The maximum atomic E-state index is 12.6. The van der Waals surface area contributed by atoms with Crippen LogP contribution in [-0.4, -0.2) is 56.7 Å². The first kappa shape index (κ1) is 14.7. The first-order chi connectivity index (χ1) is 11.6. The predicted molar refractivity (Wildman–Crippen MR) is 85.4 cm³/mol. The van der Waals surface area contributed by atoms with E-state index in [-0.39, 0.29) is 11.8 Å². The normalized spacial score (nSPS) is 16.9. The van der Waals surface area contributed by atoms with E-state index in [1.807, 2.05) is 6.07 Å². The largest absolute Gasteiger partial charge is 0.341 e. The maximum absolute atomic E-state index is 12.6. The molecule has 24 heavy (non-hydrogen) atoms. The molecule has 0 saturated carbocycles. The molecule has 122 valence electrons. The van der Waals surface area contributed by atoms with Gasteiger partial charge in [0, 0.05) is 51.9 Å². The van der Waals surface area contributed by atoms with E-state index in [1.165, 1.54) is 6.33 Å². The molecule has 7 heteroatoms. The summed E-state index contributed by atoms with van der Waals surface area (Å²) >= 11 is 0. The number of pyridine rings is 1. The molecule has 0 atom stereocenters. The van der Waals surface area contributed by atoms with Gasteiger partial charge in [-0.25, -0.2) is 9.97 Å². The van der Waals surface area contributed by atoms with E-state index in [0.29, 0.717) is 37.2 Å². The summed E-state index contributed by atoms with van der Waals surface area (Å²) in [5.74, 6) is -0.0765. The van der Waals surface area contributed by atoms with Crippen LogP contribution in [0.5, 0.6) is 0 Å². The average Bonchev–Trinajstić information content (AvgIpc) is 2.61. The van der Waals surface area contributed by atoms with Gasteiger partial charge in [0.25, 0.3) is 11.8 Å². The summed E-state index contributed by atoms with van der Waals surface area (Å²) in [6, 6.07) is 1.87. The highest BCUT2D eigenvalue weighted by molar-refractivity contribution is 5.97. The number of fused-ring (bicyclic) bond motifs is 2. The lowest BCUT2D eigenvalue weighted by atomic mass is 10.0. The summed E-state index contributed by atoms with van der Waals surface area (Å²) in [6.45, 7) is 1.73. The van der Waals surface area contributed by atoms with Crippen molar-refractivity contribution in [3.8, 4) is 0 Å². The first-order valence-electron chi connectivity index (χ1n) is 7.95. The Bertz CT molecular complexity index is 835. The van der Waals surface area contributed by atoms with Crippen molar-refractivity contribution in [2.24, 2.45) is 0 Å². The van der Waals surface area contributed by atoms with Crippen molar-refractivity contribution in [3.05, 3.63) is 52.9 Å². The minimum Gasteiger partial charge on any atom is -0.341 e. The molecular weight excluding hydrogens is 306 g/mol. The summed E-state index contributed by atoms with van der Waals surface area (Å²) in [5.41, 5.74) is 3.71. The van der Waals surface area contributed by atoms with E-state index >= 15 is 0 Å². The molecule has 4 rings (SSSR count). The average molecular weight is 323 g/mol. The Labute approximate surface area is 139 Å². The Balaban J connectivity index is 1.59. The van der Waals surface area contributed by atoms with Crippen LogP contribution in [0.3, 0.4) is 0 Å². The molecule has 7 nitrogen and oxygen atoms in total. The number of hydrogen-bond donors (Lipinski definition) is 0. The van der Waals surface area contributed by atoms with Crippen molar-refractivity contribution >= 4 is 11.8 Å². The number of aromatic nitrogens is 3. The van der Waals surface area contributed by atoms with Crippen molar-refractivity contribution in [1.29, 1.82) is 0 Å². The Morgan fingerprint density at radius 2 is 1.79 bits per heavy atom. The van der Waals surface area contributed by atoms with Crippen LogP contribution in [-0.2, 0) is 19.4 Å². The Morgan fingerprint density at radius 3 is 2.67 bits per heavy atom. The molecule has 0 aliphatic carbocycles. The molecule has 2 aliphatic heterocycles. The first-order valence-corrected chi connectivity index (χ1v) is 7.95. The summed E-state index contributed by atoms with van der Waals surface area (Å²) in [4.78, 5) is 40.9. The lowest BCUT2D eigenvalue weighted by Crippen LogP contribution is -2.38. The molecule has 2 aliphatic rings. The van der Waals surface area contributed by atoms with E-state index < -0.39 is 0 Å². The Kier molecular flexibility index (Phi) is 3.48. The number of rotatable bonds is 2. The number of carbonyl (C=O) groups excluding carboxylic acids is 2. The van der Waals surface area contributed by atoms with Gasteiger partial charge in [0.15, 0.2) is 0 Å². The van der Waals surface area contributed by atoms with Crippen molar-refractivity contribution in [3.63, 3.8) is 0 Å². The third-order valence-corrected chi connectivity index (χ3v) is 4.59. The van der Waals surface area contributed by atoms with Gasteiger partial charge in [0.2, 0.25) is 0 Å². The minimum atomic E-state index is -0.0713. The number of carbonyl (C=O) groups is 2. The van der Waals surface area contributed by atoms with Gasteiger partial charge in [-0.1, -0.05) is 0 Å². The molecule has 0 fully saturated rings. The van der Waals surface area contributed by atoms with Gasteiger partial charge in [0.05, 0.1) is 22.5 Å². The molecule has 0 aromatic carbocycles. The molecule has 2 aromatic heterocycles. The van der Waals surface area contributed by atoms with Crippen LogP contribution >= 0.6 is 0 Å². The van der Waals surface area contributed by atoms with Crippen molar-refractivity contribution < 1.29 is 9.59 Å². The Morgan fingerprint density at radius 1 is 1.00 bits per heavy atom. The highest BCUT2D eigenvalue weighted by Gasteiger charge is 2.27. The molecule has 0 unspecified atom stereocenters. The van der Waals surface area contributed by atoms with E-state index in [4.69, 9.17) is 0 Å². The van der Waals surface area contributed by atoms with E-state index in [9.17, 15) is 9.59 Å². The van der Waals surface area contributed by atoms with Crippen molar-refractivity contribution in [2.45, 2.75) is 19.4 Å². The summed E-state index contributed by atoms with van der Waals surface area (Å²) in [7, 11) is 1.79. The van der Waals surface area contributed by atoms with Crippen LogP contribution < -0.4 is 0 Å². The van der Waals surface area contributed by atoms with E-state index in [1.54, 1.807) is 29.2 Å². The summed E-state index contributed by atoms with van der Waals surface area (Å²) in [6.07, 6.45) is 6.29. The fraction of sp³-hybridized carbons (Fsp3) is 0.353. The monoisotopic (exact) mass is 323 g/mol. The maximum Gasteiger partial charge on any atom is 0.257 e. The second kappa shape index (κ2) is 5.67. The highest BCUT2D eigenvalue weighted by Crippen LogP contribution is 2.21. The number of amides is 2. The third-order valence-electron chi connectivity index (χ3n) is 4.59. The van der Waals surface area contributed by atoms with Gasteiger partial charge < -0.3 is 9.80 Å². The lowest BCUT2D eigenvalue weighted by molar-refractivity contribution is 0.0724. The third kappa shape index (κ3) is 2.42. The van der Waals surface area contributed by atoms with Crippen molar-refractivity contribution in [1.82, 2.24) is 24.8 Å². The fourth-order valence-corrected chi connectivity index (χ4v) is 3.20.